The molecule has 4 rings (SSSR count). The molecule has 0 amide bonds. The quantitative estimate of drug-likeness (QED) is 0.244. The summed E-state index contributed by atoms with van der Waals surface area (Å²) in [5.74, 6) is 0.761. The highest BCUT2D eigenvalue weighted by molar-refractivity contribution is 9.11. The number of hydrogen-bond acceptors (Lipinski definition) is 6. The SMILES string of the molecule is COc1ccc(C=C2OC(=O)C(C(O)c3cc(Br)c(OC)c(Br)c3)=C2c2cc(Br)c(O)c(Br)c2)cc1Br. The van der Waals surface area contributed by atoms with Crippen LogP contribution in [0.4, 0.5) is 0 Å². The first-order chi connectivity index (χ1) is 17.5. The van der Waals surface area contributed by atoms with Gasteiger partial charge in [-0.3, -0.25) is 0 Å². The Hall–Kier alpha value is -1.63. The highest BCUT2D eigenvalue weighted by Gasteiger charge is 2.37. The van der Waals surface area contributed by atoms with Crippen LogP contribution in [0.25, 0.3) is 11.6 Å². The van der Waals surface area contributed by atoms with E-state index in [4.69, 9.17) is 14.2 Å². The summed E-state index contributed by atoms with van der Waals surface area (Å²) in [5.41, 5.74) is 2.15. The van der Waals surface area contributed by atoms with E-state index >= 15 is 0 Å². The molecule has 0 aliphatic carbocycles. The first-order valence-corrected chi connectivity index (χ1v) is 14.4. The minimum atomic E-state index is -1.33. The van der Waals surface area contributed by atoms with Gasteiger partial charge in [-0.2, -0.15) is 0 Å². The summed E-state index contributed by atoms with van der Waals surface area (Å²) in [6.45, 7) is 0. The number of phenols is 1. The van der Waals surface area contributed by atoms with Crippen LogP contribution in [0.1, 0.15) is 22.8 Å². The molecule has 1 heterocycles. The number of cyclic esters (lactones) is 1. The second-order valence-electron chi connectivity index (χ2n) is 7.79. The highest BCUT2D eigenvalue weighted by atomic mass is 79.9. The number of esters is 1. The summed E-state index contributed by atoms with van der Waals surface area (Å²) in [6, 6.07) is 12.1. The Morgan fingerprint density at radius 3 is 2.03 bits per heavy atom. The topological polar surface area (TPSA) is 85.2 Å². The van der Waals surface area contributed by atoms with Crippen LogP contribution >= 0.6 is 79.6 Å². The maximum atomic E-state index is 13.2. The number of aliphatic hydroxyl groups is 1. The number of aromatic hydroxyl groups is 1. The Bertz CT molecular complexity index is 1430. The van der Waals surface area contributed by atoms with E-state index in [1.54, 1.807) is 43.5 Å². The predicted molar refractivity (Wildman–Crippen MR) is 159 cm³/mol. The molecule has 11 heteroatoms. The largest absolute Gasteiger partial charge is 0.506 e. The number of hydrogen-bond donors (Lipinski definition) is 2. The predicted octanol–water partition coefficient (Wildman–Crippen LogP) is 8.31. The monoisotopic (exact) mass is 820 g/mol. The number of halogens is 5. The van der Waals surface area contributed by atoms with E-state index in [0.29, 0.717) is 46.1 Å². The minimum absolute atomic E-state index is 0.00400. The van der Waals surface area contributed by atoms with E-state index < -0.39 is 12.1 Å². The summed E-state index contributed by atoms with van der Waals surface area (Å²) in [4.78, 5) is 13.2. The molecule has 0 aromatic heterocycles. The fourth-order valence-corrected chi connectivity index (χ4v) is 7.11. The molecule has 1 unspecified atom stereocenters. The number of aliphatic hydroxyl groups excluding tert-OH is 1. The Morgan fingerprint density at radius 1 is 0.865 bits per heavy atom. The molecular formula is C26H17Br5O6. The Labute approximate surface area is 255 Å². The zero-order valence-corrected chi connectivity index (χ0v) is 27.0. The third-order valence-corrected chi connectivity index (χ3v) is 8.54. The third-order valence-electron chi connectivity index (χ3n) is 5.53. The maximum absolute atomic E-state index is 13.2. The molecule has 3 aromatic carbocycles. The van der Waals surface area contributed by atoms with Crippen LogP contribution in [-0.2, 0) is 9.53 Å². The number of carbonyl (C=O) groups excluding carboxylic acids is 1. The van der Waals surface area contributed by atoms with E-state index in [9.17, 15) is 15.0 Å². The lowest BCUT2D eigenvalue weighted by molar-refractivity contribution is -0.134. The van der Waals surface area contributed by atoms with Gasteiger partial charge in [0.05, 0.1) is 42.2 Å². The summed E-state index contributed by atoms with van der Waals surface area (Å²) in [6.07, 6.45) is 0.368. The van der Waals surface area contributed by atoms with E-state index in [0.717, 1.165) is 10.0 Å². The zero-order chi connectivity index (χ0) is 27.0. The van der Waals surface area contributed by atoms with Crippen molar-refractivity contribution in [2.45, 2.75) is 6.10 Å². The number of allylic oxidation sites excluding steroid dienone is 1. The van der Waals surface area contributed by atoms with Crippen molar-refractivity contribution in [3.8, 4) is 17.2 Å². The number of carbonyl (C=O) groups is 1. The van der Waals surface area contributed by atoms with Crippen molar-refractivity contribution in [2.75, 3.05) is 14.2 Å². The normalized spacial score (nSPS) is 15.2. The standard InChI is InChI=1S/C26H17Br5O6/c1-35-19-4-3-11(5-14(19)27)6-20-21(12-7-15(28)24(33)16(29)8-12)22(26(34)37-20)23(32)13-9-17(30)25(36-2)18(31)10-13/h3-10,23,32-33H,1-2H3. The van der Waals surface area contributed by atoms with Crippen molar-refractivity contribution < 1.29 is 29.2 Å². The lowest BCUT2D eigenvalue weighted by Gasteiger charge is -2.16. The molecule has 0 spiro atoms. The fourth-order valence-electron chi connectivity index (χ4n) is 3.82. The molecule has 37 heavy (non-hydrogen) atoms. The second-order valence-corrected chi connectivity index (χ2v) is 12.1. The van der Waals surface area contributed by atoms with Crippen LogP contribution in [0.2, 0.25) is 0 Å². The Balaban J connectivity index is 1.94. The molecule has 1 aliphatic heterocycles. The minimum Gasteiger partial charge on any atom is -0.506 e. The number of methoxy groups -OCH3 is 2. The molecule has 0 saturated heterocycles. The van der Waals surface area contributed by atoms with Crippen molar-refractivity contribution in [3.63, 3.8) is 0 Å². The van der Waals surface area contributed by atoms with Crippen LogP contribution in [0.15, 0.2) is 76.2 Å². The van der Waals surface area contributed by atoms with Gasteiger partial charge in [0, 0.05) is 5.57 Å². The van der Waals surface area contributed by atoms with Crippen LogP contribution in [0, 0.1) is 0 Å². The molecule has 192 valence electrons. The summed E-state index contributed by atoms with van der Waals surface area (Å²) in [7, 11) is 3.10. The molecule has 0 saturated carbocycles. The first-order valence-electron chi connectivity index (χ1n) is 10.5. The average molecular weight is 825 g/mol. The molecule has 6 nitrogen and oxygen atoms in total. The van der Waals surface area contributed by atoms with Gasteiger partial charge in [-0.25, -0.2) is 4.79 Å². The third kappa shape index (κ3) is 5.72. The van der Waals surface area contributed by atoms with Gasteiger partial charge in [0.15, 0.2) is 0 Å². The molecule has 1 aliphatic rings. The molecule has 2 N–H and O–H groups in total. The second kappa shape index (κ2) is 11.6. The number of ether oxygens (including phenoxy) is 3. The van der Waals surface area contributed by atoms with Crippen molar-refractivity contribution in [3.05, 3.63) is 92.9 Å². The van der Waals surface area contributed by atoms with E-state index in [1.165, 1.54) is 7.11 Å². The summed E-state index contributed by atoms with van der Waals surface area (Å²) < 4.78 is 19.1. The van der Waals surface area contributed by atoms with Gasteiger partial charge in [-0.05, 0) is 139 Å². The molecule has 3 aromatic rings. The van der Waals surface area contributed by atoms with Gasteiger partial charge >= 0.3 is 5.97 Å². The average Bonchev–Trinajstić information content (AvgIpc) is 3.16. The van der Waals surface area contributed by atoms with Crippen molar-refractivity contribution in [1.29, 1.82) is 0 Å². The number of phenolic OH excluding ortho intramolecular Hbond substituents is 1. The van der Waals surface area contributed by atoms with Crippen LogP contribution in [0.3, 0.4) is 0 Å². The van der Waals surface area contributed by atoms with Crippen molar-refractivity contribution in [1.82, 2.24) is 0 Å². The molecule has 0 fully saturated rings. The van der Waals surface area contributed by atoms with Crippen molar-refractivity contribution in [2.24, 2.45) is 0 Å². The van der Waals surface area contributed by atoms with Crippen LogP contribution in [0.5, 0.6) is 17.2 Å². The lowest BCUT2D eigenvalue weighted by atomic mass is 9.92. The van der Waals surface area contributed by atoms with Gasteiger partial charge in [0.1, 0.15) is 29.1 Å². The highest BCUT2D eigenvalue weighted by Crippen LogP contribution is 2.46. The first kappa shape index (κ1) is 28.4. The van der Waals surface area contributed by atoms with E-state index in [1.807, 2.05) is 12.1 Å². The number of benzene rings is 3. The zero-order valence-electron chi connectivity index (χ0n) is 19.1. The fraction of sp³-hybridized carbons (Fsp3) is 0.115. The molecular weight excluding hydrogens is 808 g/mol. The Morgan fingerprint density at radius 2 is 1.49 bits per heavy atom. The van der Waals surface area contributed by atoms with Gasteiger partial charge in [0.2, 0.25) is 0 Å². The van der Waals surface area contributed by atoms with Gasteiger partial charge < -0.3 is 24.4 Å². The summed E-state index contributed by atoms with van der Waals surface area (Å²) in [5, 5.41) is 21.7. The van der Waals surface area contributed by atoms with Crippen molar-refractivity contribution >= 4 is 97.3 Å². The molecule has 0 bridgehead atoms. The number of rotatable bonds is 6. The smallest absolute Gasteiger partial charge is 0.343 e. The van der Waals surface area contributed by atoms with E-state index in [2.05, 4.69) is 79.6 Å². The maximum Gasteiger partial charge on any atom is 0.343 e. The summed E-state index contributed by atoms with van der Waals surface area (Å²) >= 11 is 17.1. The molecule has 1 atom stereocenters. The van der Waals surface area contributed by atoms with Crippen LogP contribution in [-0.4, -0.2) is 30.4 Å². The van der Waals surface area contributed by atoms with Gasteiger partial charge in [-0.15, -0.1) is 0 Å². The van der Waals surface area contributed by atoms with Gasteiger partial charge in [0.25, 0.3) is 0 Å². The van der Waals surface area contributed by atoms with Crippen LogP contribution < -0.4 is 9.47 Å². The van der Waals surface area contributed by atoms with E-state index in [-0.39, 0.29) is 17.1 Å². The van der Waals surface area contributed by atoms with Gasteiger partial charge in [-0.1, -0.05) is 6.07 Å². The molecule has 0 radical (unpaired) electrons. The lowest BCUT2D eigenvalue weighted by Crippen LogP contribution is -2.10. The Kier molecular flexibility index (Phi) is 8.92.